The van der Waals surface area contributed by atoms with Crippen molar-refractivity contribution in [3.05, 3.63) is 96.1 Å². The van der Waals surface area contributed by atoms with E-state index in [1.807, 2.05) is 59.5 Å². The summed E-state index contributed by atoms with van der Waals surface area (Å²) in [5.41, 5.74) is 3.95. The Labute approximate surface area is 198 Å². The molecule has 0 radical (unpaired) electrons. The molecule has 33 heavy (non-hydrogen) atoms. The van der Waals surface area contributed by atoms with Crippen molar-refractivity contribution in [2.45, 2.75) is 17.2 Å². The predicted octanol–water partition coefficient (Wildman–Crippen LogP) is 4.41. The monoisotopic (exact) mass is 455 g/mol. The van der Waals surface area contributed by atoms with E-state index in [4.69, 9.17) is 0 Å². The molecule has 5 nitrogen and oxygen atoms in total. The highest BCUT2D eigenvalue weighted by molar-refractivity contribution is 8.02. The van der Waals surface area contributed by atoms with E-state index >= 15 is 0 Å². The van der Waals surface area contributed by atoms with Crippen molar-refractivity contribution in [3.8, 4) is 0 Å². The van der Waals surface area contributed by atoms with Gasteiger partial charge in [0.1, 0.15) is 0 Å². The lowest BCUT2D eigenvalue weighted by Crippen LogP contribution is -2.51. The second-order valence-corrected chi connectivity index (χ2v) is 10.0. The molecule has 6 rings (SSSR count). The van der Waals surface area contributed by atoms with Gasteiger partial charge in [0.15, 0.2) is 0 Å². The molecule has 2 fully saturated rings. The van der Waals surface area contributed by atoms with Gasteiger partial charge in [0.25, 0.3) is 5.91 Å². The Kier molecular flexibility index (Phi) is 5.00. The van der Waals surface area contributed by atoms with Crippen molar-refractivity contribution >= 4 is 35.0 Å². The molecular formula is C27H25N3O2S. The smallest absolute Gasteiger partial charge is 0.269 e. The van der Waals surface area contributed by atoms with Gasteiger partial charge in [0.2, 0.25) is 10.8 Å². The molecule has 3 aliphatic rings. The molecule has 3 heterocycles. The number of rotatable bonds is 4. The number of anilines is 2. The Morgan fingerprint density at radius 1 is 0.879 bits per heavy atom. The van der Waals surface area contributed by atoms with Gasteiger partial charge in [-0.2, -0.15) is 0 Å². The minimum Gasteiger partial charge on any atom is -0.295 e. The normalized spacial score (nSPS) is 24.8. The van der Waals surface area contributed by atoms with Gasteiger partial charge < -0.3 is 0 Å². The van der Waals surface area contributed by atoms with Gasteiger partial charge in [0, 0.05) is 24.3 Å². The average Bonchev–Trinajstić information content (AvgIpc) is 3.53. The number of hydrogen-bond donors (Lipinski definition) is 0. The van der Waals surface area contributed by atoms with E-state index < -0.39 is 4.87 Å². The molecule has 1 spiro atoms. The third-order valence-corrected chi connectivity index (χ3v) is 8.35. The highest BCUT2D eigenvalue weighted by atomic mass is 32.2. The summed E-state index contributed by atoms with van der Waals surface area (Å²) in [5, 5.41) is 0. The van der Waals surface area contributed by atoms with Crippen LogP contribution >= 0.6 is 11.8 Å². The number of benzene rings is 3. The SMILES string of the molecule is O=C1CS[C@]2(C(=O)N(CN3CC[C@@H](c4ccccc4)C3)c3ccccc32)N1c1ccccc1. The quantitative estimate of drug-likeness (QED) is 0.585. The van der Waals surface area contributed by atoms with Gasteiger partial charge in [-0.25, -0.2) is 0 Å². The Bertz CT molecular complexity index is 1200. The van der Waals surface area contributed by atoms with Gasteiger partial charge in [0.05, 0.1) is 18.1 Å². The first kappa shape index (κ1) is 20.5. The fourth-order valence-electron chi connectivity index (χ4n) is 5.43. The first-order valence-corrected chi connectivity index (χ1v) is 12.4. The van der Waals surface area contributed by atoms with E-state index in [0.29, 0.717) is 18.3 Å². The number of hydrogen-bond acceptors (Lipinski definition) is 4. The molecule has 2 amide bonds. The topological polar surface area (TPSA) is 43.9 Å². The van der Waals surface area contributed by atoms with E-state index in [9.17, 15) is 9.59 Å². The molecule has 0 bridgehead atoms. The molecule has 3 aliphatic heterocycles. The van der Waals surface area contributed by atoms with Crippen LogP contribution in [0.4, 0.5) is 11.4 Å². The van der Waals surface area contributed by atoms with E-state index in [1.54, 1.807) is 4.90 Å². The summed E-state index contributed by atoms with van der Waals surface area (Å²) >= 11 is 1.44. The molecule has 0 saturated carbocycles. The van der Waals surface area contributed by atoms with Crippen molar-refractivity contribution in [2.24, 2.45) is 0 Å². The Hall–Kier alpha value is -3.09. The third-order valence-electron chi connectivity index (χ3n) is 6.96. The van der Waals surface area contributed by atoms with Crippen LogP contribution in [0.1, 0.15) is 23.5 Å². The van der Waals surface area contributed by atoms with Crippen LogP contribution in [-0.4, -0.2) is 42.2 Å². The van der Waals surface area contributed by atoms with Gasteiger partial charge in [-0.05, 0) is 36.1 Å². The molecule has 3 aromatic carbocycles. The van der Waals surface area contributed by atoms with Gasteiger partial charge in [-0.1, -0.05) is 66.7 Å². The number of carbonyl (C=O) groups is 2. The zero-order valence-corrected chi connectivity index (χ0v) is 19.1. The summed E-state index contributed by atoms with van der Waals surface area (Å²) in [7, 11) is 0. The van der Waals surface area contributed by atoms with Crippen molar-refractivity contribution in [1.29, 1.82) is 0 Å². The zero-order valence-electron chi connectivity index (χ0n) is 18.3. The summed E-state index contributed by atoms with van der Waals surface area (Å²) in [5.74, 6) is 0.729. The predicted molar refractivity (Wildman–Crippen MR) is 132 cm³/mol. The molecule has 0 aromatic heterocycles. The molecule has 0 N–H and O–H groups in total. The van der Waals surface area contributed by atoms with Crippen molar-refractivity contribution in [2.75, 3.05) is 35.3 Å². The van der Waals surface area contributed by atoms with Crippen molar-refractivity contribution in [3.63, 3.8) is 0 Å². The number of likely N-dealkylation sites (tertiary alicyclic amines) is 1. The van der Waals surface area contributed by atoms with Crippen LogP contribution in [0.5, 0.6) is 0 Å². The Morgan fingerprint density at radius 3 is 2.36 bits per heavy atom. The van der Waals surface area contributed by atoms with E-state index in [2.05, 4.69) is 35.2 Å². The maximum atomic E-state index is 14.1. The largest absolute Gasteiger partial charge is 0.295 e. The summed E-state index contributed by atoms with van der Waals surface area (Å²) in [6, 6.07) is 28.2. The molecule has 6 heteroatoms. The highest BCUT2D eigenvalue weighted by Gasteiger charge is 2.61. The second kappa shape index (κ2) is 8.04. The van der Waals surface area contributed by atoms with Gasteiger partial charge in [-0.3, -0.25) is 24.3 Å². The summed E-state index contributed by atoms with van der Waals surface area (Å²) in [4.78, 5) is 32.1. The second-order valence-electron chi connectivity index (χ2n) is 8.86. The third kappa shape index (κ3) is 3.20. The van der Waals surface area contributed by atoms with E-state index in [0.717, 1.165) is 36.4 Å². The average molecular weight is 456 g/mol. The Morgan fingerprint density at radius 2 is 1.58 bits per heavy atom. The van der Waals surface area contributed by atoms with Crippen LogP contribution in [-0.2, 0) is 14.5 Å². The highest BCUT2D eigenvalue weighted by Crippen LogP contribution is 2.55. The maximum absolute atomic E-state index is 14.1. The molecule has 3 aromatic rings. The van der Waals surface area contributed by atoms with Gasteiger partial charge in [-0.15, -0.1) is 11.8 Å². The number of carbonyl (C=O) groups excluding carboxylic acids is 2. The summed E-state index contributed by atoms with van der Waals surface area (Å²) < 4.78 is 0. The zero-order chi connectivity index (χ0) is 22.4. The molecular weight excluding hydrogens is 430 g/mol. The lowest BCUT2D eigenvalue weighted by Gasteiger charge is -2.33. The van der Waals surface area contributed by atoms with Crippen LogP contribution < -0.4 is 9.80 Å². The number of fused-ring (bicyclic) bond motifs is 2. The lowest BCUT2D eigenvalue weighted by molar-refractivity contribution is -0.123. The van der Waals surface area contributed by atoms with Crippen LogP contribution in [0.2, 0.25) is 0 Å². The van der Waals surface area contributed by atoms with Crippen LogP contribution in [0.15, 0.2) is 84.9 Å². The van der Waals surface area contributed by atoms with E-state index in [1.165, 1.54) is 17.3 Å². The molecule has 166 valence electrons. The number of para-hydroxylation sites is 2. The number of nitrogens with zero attached hydrogens (tertiary/aromatic N) is 3. The molecule has 2 atom stereocenters. The van der Waals surface area contributed by atoms with Crippen molar-refractivity contribution < 1.29 is 9.59 Å². The molecule has 0 aliphatic carbocycles. The minimum atomic E-state index is -1.03. The fraction of sp³-hybridized carbons (Fsp3) is 0.259. The van der Waals surface area contributed by atoms with Crippen LogP contribution in [0.25, 0.3) is 0 Å². The molecule has 2 saturated heterocycles. The van der Waals surface area contributed by atoms with Gasteiger partial charge >= 0.3 is 0 Å². The summed E-state index contributed by atoms with van der Waals surface area (Å²) in [6.07, 6.45) is 1.09. The lowest BCUT2D eigenvalue weighted by atomic mass is 9.99. The summed E-state index contributed by atoms with van der Waals surface area (Å²) in [6.45, 7) is 2.42. The minimum absolute atomic E-state index is 0.0217. The fourth-order valence-corrected chi connectivity index (χ4v) is 6.79. The van der Waals surface area contributed by atoms with Crippen molar-refractivity contribution in [1.82, 2.24) is 4.90 Å². The number of thioether (sulfide) groups is 1. The Balaban J connectivity index is 1.33. The molecule has 0 unspecified atom stereocenters. The maximum Gasteiger partial charge on any atom is 0.269 e. The van der Waals surface area contributed by atoms with E-state index in [-0.39, 0.29) is 11.8 Å². The van der Waals surface area contributed by atoms with Crippen LogP contribution in [0, 0.1) is 0 Å². The van der Waals surface area contributed by atoms with Crippen LogP contribution in [0.3, 0.4) is 0 Å². The first-order valence-electron chi connectivity index (χ1n) is 11.4. The standard InChI is InChI=1S/C27H25N3O2S/c31-25-18-33-27(30(25)22-11-5-2-6-12-22)23-13-7-8-14-24(23)29(26(27)32)19-28-16-15-21(17-28)20-9-3-1-4-10-20/h1-14,21H,15-19H2/t21-,27-/m1/s1. The first-order chi connectivity index (χ1) is 16.2. The number of amides is 2.